The van der Waals surface area contributed by atoms with E-state index in [-0.39, 0.29) is 44.9 Å². The monoisotopic (exact) mass is 726 g/mol. The largest absolute Gasteiger partial charge is 0.408 e. The lowest BCUT2D eigenvalue weighted by molar-refractivity contribution is -0.149. The van der Waals surface area contributed by atoms with E-state index in [4.69, 9.17) is 37.1 Å². The summed E-state index contributed by atoms with van der Waals surface area (Å²) in [4.78, 5) is 23.6. The minimum absolute atomic E-state index is 0.0136. The Labute approximate surface area is 291 Å². The predicted molar refractivity (Wildman–Crippen MR) is 188 cm³/mol. The number of benzene rings is 1. The first-order valence-electron chi connectivity index (χ1n) is 16.5. The minimum Gasteiger partial charge on any atom is -0.408 e. The van der Waals surface area contributed by atoms with Gasteiger partial charge in [0.2, 0.25) is 8.32 Å². The van der Waals surface area contributed by atoms with Crippen molar-refractivity contribution >= 4 is 29.5 Å². The van der Waals surface area contributed by atoms with Crippen LogP contribution < -0.4 is 5.56 Å². The summed E-state index contributed by atoms with van der Waals surface area (Å²) in [6.07, 6.45) is -0.527. The van der Waals surface area contributed by atoms with Crippen molar-refractivity contribution in [1.82, 2.24) is 19.7 Å². The van der Waals surface area contributed by atoms with E-state index in [1.54, 1.807) is 4.57 Å². The van der Waals surface area contributed by atoms with Gasteiger partial charge >= 0.3 is 0 Å². The van der Waals surface area contributed by atoms with E-state index in [1.165, 1.54) is 14.2 Å². The molecule has 2 aromatic heterocycles. The highest BCUT2D eigenvalue weighted by Crippen LogP contribution is 2.42. The van der Waals surface area contributed by atoms with Gasteiger partial charge in [-0.1, -0.05) is 53.6 Å². The smallest absolute Gasteiger partial charge is 0.282 e. The number of nitrogens with zero attached hydrogens (tertiary/aromatic N) is 4. The molecule has 0 aliphatic rings. The van der Waals surface area contributed by atoms with Crippen LogP contribution in [0.5, 0.6) is 0 Å². The Morgan fingerprint density at radius 3 is 2.00 bits per heavy atom. The molecular formula is C33H54N4O10SSi. The van der Waals surface area contributed by atoms with E-state index in [1.807, 2.05) is 32.9 Å². The molecule has 0 aliphatic carbocycles. The molecular weight excluding hydrogens is 673 g/mol. The van der Waals surface area contributed by atoms with Crippen molar-refractivity contribution in [2.45, 2.75) is 104 Å². The zero-order chi connectivity index (χ0) is 36.7. The second-order valence-electron chi connectivity index (χ2n) is 13.5. The number of rotatable bonds is 20. The third-order valence-electron chi connectivity index (χ3n) is 9.17. The van der Waals surface area contributed by atoms with E-state index in [2.05, 4.69) is 51.7 Å². The van der Waals surface area contributed by atoms with Crippen molar-refractivity contribution in [2.24, 2.45) is 5.92 Å². The molecule has 0 radical (unpaired) electrons. The van der Waals surface area contributed by atoms with Crippen molar-refractivity contribution in [1.29, 1.82) is 0 Å². The zero-order valence-corrected chi connectivity index (χ0v) is 32.8. The number of ether oxygens (including phenoxy) is 4. The van der Waals surface area contributed by atoms with Crippen LogP contribution in [0.25, 0.3) is 22.6 Å². The average molecular weight is 727 g/mol. The zero-order valence-electron chi connectivity index (χ0n) is 30.9. The highest BCUT2D eigenvalue weighted by atomic mass is 32.2. The Bertz CT molecular complexity index is 1670. The molecule has 0 aliphatic heterocycles. The first-order chi connectivity index (χ1) is 23.0. The van der Waals surface area contributed by atoms with Gasteiger partial charge in [0.25, 0.3) is 21.6 Å². The maximum absolute atomic E-state index is 14.3. The van der Waals surface area contributed by atoms with Gasteiger partial charge in [0.05, 0.1) is 49.3 Å². The number of hydrogen-bond acceptors (Lipinski definition) is 13. The van der Waals surface area contributed by atoms with Gasteiger partial charge in [-0.3, -0.25) is 8.98 Å². The summed E-state index contributed by atoms with van der Waals surface area (Å²) in [5, 5.41) is 4.17. The van der Waals surface area contributed by atoms with Crippen LogP contribution in [-0.4, -0.2) is 89.3 Å². The van der Waals surface area contributed by atoms with Crippen LogP contribution in [0.3, 0.4) is 0 Å². The third kappa shape index (κ3) is 10.0. The Morgan fingerprint density at radius 2 is 1.45 bits per heavy atom. The number of methoxy groups -OCH3 is 2. The SMILES string of the molecule is COCO[C@@H](Cn1c(=O)c(-c2nc(CO[Si](C(C)C)(C(C)C)C(C)C)no2)nc2cc(C)c(C)cc21)[C@H](C)[C@@H](COS(C)(=O)=O)OCOC. The molecule has 2 heterocycles. The molecule has 3 atom stereocenters. The summed E-state index contributed by atoms with van der Waals surface area (Å²) in [6, 6.07) is 3.80. The minimum atomic E-state index is -3.76. The first kappa shape index (κ1) is 40.9. The van der Waals surface area contributed by atoms with Crippen molar-refractivity contribution in [3.8, 4) is 11.6 Å². The van der Waals surface area contributed by atoms with Crippen LogP contribution in [-0.2, 0) is 50.8 Å². The van der Waals surface area contributed by atoms with Crippen LogP contribution in [0.4, 0.5) is 0 Å². The maximum atomic E-state index is 14.3. The lowest BCUT2D eigenvalue weighted by Gasteiger charge is -2.41. The predicted octanol–water partition coefficient (Wildman–Crippen LogP) is 5.35. The highest BCUT2D eigenvalue weighted by Gasteiger charge is 2.45. The molecule has 14 nitrogen and oxygen atoms in total. The van der Waals surface area contributed by atoms with Crippen molar-refractivity contribution in [3.05, 3.63) is 39.4 Å². The summed E-state index contributed by atoms with van der Waals surface area (Å²) >= 11 is 0. The van der Waals surface area contributed by atoms with Gasteiger partial charge in [-0.25, -0.2) is 4.98 Å². The maximum Gasteiger partial charge on any atom is 0.282 e. The molecule has 1 aromatic carbocycles. The molecule has 276 valence electrons. The van der Waals surface area contributed by atoms with E-state index in [0.717, 1.165) is 17.4 Å². The van der Waals surface area contributed by atoms with Gasteiger partial charge in [-0.05, 0) is 53.7 Å². The van der Waals surface area contributed by atoms with Crippen molar-refractivity contribution in [3.63, 3.8) is 0 Å². The summed E-state index contributed by atoms with van der Waals surface area (Å²) in [6.45, 7) is 18.6. The van der Waals surface area contributed by atoms with Gasteiger partial charge in [-0.15, -0.1) is 0 Å². The number of hydrogen-bond donors (Lipinski definition) is 0. The summed E-state index contributed by atoms with van der Waals surface area (Å²) in [5.74, 6) is -0.189. The van der Waals surface area contributed by atoms with Gasteiger partial charge in [0.15, 0.2) is 11.5 Å². The lowest BCUT2D eigenvalue weighted by Crippen LogP contribution is -2.47. The van der Waals surface area contributed by atoms with E-state index in [0.29, 0.717) is 33.5 Å². The Kier molecular flexibility index (Phi) is 14.7. The molecule has 16 heteroatoms. The number of aromatic nitrogens is 4. The molecule has 3 aromatic rings. The average Bonchev–Trinajstić information content (AvgIpc) is 3.49. The van der Waals surface area contributed by atoms with Crippen molar-refractivity contribution < 1.29 is 40.5 Å². The molecule has 3 rings (SSSR count). The topological polar surface area (TPSA) is 163 Å². The quantitative estimate of drug-likeness (QED) is 0.0833. The summed E-state index contributed by atoms with van der Waals surface area (Å²) in [5.41, 5.74) is 3.69. The van der Waals surface area contributed by atoms with E-state index >= 15 is 0 Å². The number of aryl methyl sites for hydroxylation is 2. The molecule has 0 amide bonds. The lowest BCUT2D eigenvalue weighted by atomic mass is 9.97. The molecule has 0 bridgehead atoms. The van der Waals surface area contributed by atoms with Crippen LogP contribution in [0.2, 0.25) is 16.6 Å². The Morgan fingerprint density at radius 1 is 0.878 bits per heavy atom. The molecule has 0 saturated carbocycles. The molecule has 0 unspecified atom stereocenters. The fraction of sp³-hybridized carbons (Fsp3) is 0.697. The molecule has 49 heavy (non-hydrogen) atoms. The molecule has 0 spiro atoms. The fourth-order valence-electron chi connectivity index (χ4n) is 6.56. The van der Waals surface area contributed by atoms with Gasteiger partial charge in [-0.2, -0.15) is 13.4 Å². The van der Waals surface area contributed by atoms with Gasteiger partial charge in [0, 0.05) is 20.1 Å². The Hall–Kier alpha value is -2.57. The van der Waals surface area contributed by atoms with Crippen LogP contribution >= 0.6 is 0 Å². The van der Waals surface area contributed by atoms with Gasteiger partial charge < -0.3 is 32.5 Å². The number of fused-ring (bicyclic) bond motifs is 1. The summed E-state index contributed by atoms with van der Waals surface area (Å²) < 4.78 is 64.8. The standard InChI is InChI=1S/C33H54N4O10SSi/c1-20(2)49(21(3)4,22(5)6)46-17-30-35-32(47-36-30)31-33(38)37(27-14-24(8)23(7)13-26(27)34-31)15-28(43-18-41-10)25(9)29(44-19-42-11)16-45-48(12,39)40/h13-14,20-22,25,28-29H,15-19H2,1-12H3/t25-,28-,29+/m0/s1. The second-order valence-corrected chi connectivity index (χ2v) is 20.6. The van der Waals surface area contributed by atoms with E-state index < -0.39 is 42.1 Å². The summed E-state index contributed by atoms with van der Waals surface area (Å²) in [7, 11) is -3.03. The van der Waals surface area contributed by atoms with Gasteiger partial charge in [0.1, 0.15) is 13.6 Å². The molecule has 0 saturated heterocycles. The molecule has 0 fully saturated rings. The van der Waals surface area contributed by atoms with E-state index in [9.17, 15) is 13.2 Å². The highest BCUT2D eigenvalue weighted by molar-refractivity contribution is 7.85. The Balaban J connectivity index is 2.09. The van der Waals surface area contributed by atoms with Crippen molar-refractivity contribution in [2.75, 3.05) is 40.7 Å². The first-order valence-corrected chi connectivity index (χ1v) is 20.5. The third-order valence-corrected chi connectivity index (χ3v) is 15.8. The normalized spacial score (nSPS) is 14.8. The van der Waals surface area contributed by atoms with Crippen LogP contribution in [0, 0.1) is 19.8 Å². The molecule has 0 N–H and O–H groups in total. The second kappa shape index (κ2) is 17.6. The fourth-order valence-corrected chi connectivity index (χ4v) is 12.3. The van der Waals surface area contributed by atoms with Crippen LogP contribution in [0.15, 0.2) is 21.5 Å². The van der Waals surface area contributed by atoms with Crippen LogP contribution in [0.1, 0.15) is 65.4 Å².